The Morgan fingerprint density at radius 2 is 1.51 bits per heavy atom. The minimum Gasteiger partial charge on any atom is -0.507 e. The van der Waals surface area contributed by atoms with Crippen molar-refractivity contribution in [3.05, 3.63) is 111 Å². The molecule has 4 unspecified atom stereocenters. The molecule has 0 saturated carbocycles. The molecular weight excluding hydrogens is 710 g/mol. The Labute approximate surface area is 315 Å². The molecule has 8 rings (SSSR count). The fourth-order valence-corrected chi connectivity index (χ4v) is 8.63. The summed E-state index contributed by atoms with van der Waals surface area (Å²) in [5.74, 6) is -4.17. The molecule has 5 N–H and O–H groups in total. The first-order valence-corrected chi connectivity index (χ1v) is 18.1. The maximum atomic E-state index is 14.0. The van der Waals surface area contributed by atoms with E-state index in [9.17, 15) is 39.6 Å². The van der Waals surface area contributed by atoms with Crippen LogP contribution in [0.5, 0.6) is 17.2 Å². The topological polar surface area (TPSA) is 198 Å². The SMILES string of the molecule is COc1cccc2c1C(=O)c1c(O)c3c(c(O)c1C2=O)C[C@@H](C(=O)CO)C[C@@H]3OC1CC(NC(=O)OCC2c3ccccc3-c3ccccc32)C(O)C(C)O1. The molecule has 4 aromatic carbocycles. The van der Waals surface area contributed by atoms with Crippen molar-refractivity contribution in [3.63, 3.8) is 0 Å². The molecule has 13 heteroatoms. The number of fused-ring (bicyclic) bond motifs is 6. The third-order valence-electron chi connectivity index (χ3n) is 11.3. The predicted molar refractivity (Wildman–Crippen MR) is 194 cm³/mol. The van der Waals surface area contributed by atoms with Crippen LogP contribution in [0.4, 0.5) is 4.79 Å². The number of nitrogens with one attached hydrogen (secondary N) is 1. The molecule has 4 aliphatic rings. The highest BCUT2D eigenvalue weighted by Gasteiger charge is 2.46. The zero-order valence-corrected chi connectivity index (χ0v) is 30.0. The van der Waals surface area contributed by atoms with Gasteiger partial charge in [0.1, 0.15) is 36.6 Å². The number of alkyl carbamates (subject to hydrolysis) is 1. The van der Waals surface area contributed by atoms with E-state index in [0.717, 1.165) is 22.3 Å². The first-order valence-electron chi connectivity index (χ1n) is 18.1. The summed E-state index contributed by atoms with van der Waals surface area (Å²) in [6.45, 7) is 0.844. The van der Waals surface area contributed by atoms with Gasteiger partial charge in [-0.05, 0) is 48.1 Å². The Bertz CT molecular complexity index is 2200. The number of aliphatic hydroxyl groups is 2. The highest BCUT2D eigenvalue weighted by molar-refractivity contribution is 6.31. The summed E-state index contributed by atoms with van der Waals surface area (Å²) in [4.78, 5) is 53.9. The number of hydrogen-bond acceptors (Lipinski definition) is 12. The molecule has 4 aromatic rings. The predicted octanol–water partition coefficient (Wildman–Crippen LogP) is 4.47. The molecule has 1 saturated heterocycles. The molecule has 1 aliphatic heterocycles. The number of amides is 1. The quantitative estimate of drug-likeness (QED) is 0.140. The summed E-state index contributed by atoms with van der Waals surface area (Å²) in [7, 11) is 1.34. The van der Waals surface area contributed by atoms with E-state index >= 15 is 0 Å². The highest BCUT2D eigenvalue weighted by Crippen LogP contribution is 2.52. The van der Waals surface area contributed by atoms with Crippen molar-refractivity contribution in [1.29, 1.82) is 0 Å². The van der Waals surface area contributed by atoms with Crippen molar-refractivity contribution in [2.75, 3.05) is 20.3 Å². The van der Waals surface area contributed by atoms with Crippen molar-refractivity contribution >= 4 is 23.4 Å². The molecule has 55 heavy (non-hydrogen) atoms. The number of benzene rings is 4. The van der Waals surface area contributed by atoms with Gasteiger partial charge in [-0.25, -0.2) is 4.79 Å². The van der Waals surface area contributed by atoms with Crippen LogP contribution in [-0.4, -0.2) is 88.7 Å². The van der Waals surface area contributed by atoms with Gasteiger partial charge in [-0.1, -0.05) is 60.7 Å². The third kappa shape index (κ3) is 6.04. The number of methoxy groups -OCH3 is 1. The Kier molecular flexibility index (Phi) is 9.42. The average Bonchev–Trinajstić information content (AvgIpc) is 3.51. The Balaban J connectivity index is 1.05. The molecule has 284 valence electrons. The van der Waals surface area contributed by atoms with Crippen LogP contribution in [0.2, 0.25) is 0 Å². The van der Waals surface area contributed by atoms with Gasteiger partial charge in [-0.2, -0.15) is 0 Å². The number of aromatic hydroxyl groups is 2. The van der Waals surface area contributed by atoms with E-state index in [1.165, 1.54) is 25.3 Å². The highest BCUT2D eigenvalue weighted by atomic mass is 16.7. The van der Waals surface area contributed by atoms with Gasteiger partial charge in [-0.15, -0.1) is 0 Å². The smallest absolute Gasteiger partial charge is 0.407 e. The number of phenolic OH excluding ortho intramolecular Hbond substituents is 2. The summed E-state index contributed by atoms with van der Waals surface area (Å²) in [6, 6.07) is 19.4. The molecular formula is C42H39NO12. The lowest BCUT2D eigenvalue weighted by Crippen LogP contribution is -2.55. The van der Waals surface area contributed by atoms with Crippen LogP contribution in [0.3, 0.4) is 0 Å². The second kappa shape index (κ2) is 14.2. The fourth-order valence-electron chi connectivity index (χ4n) is 8.63. The Morgan fingerprint density at radius 1 is 0.855 bits per heavy atom. The molecule has 1 fully saturated rings. The van der Waals surface area contributed by atoms with Crippen molar-refractivity contribution < 1.29 is 58.6 Å². The monoisotopic (exact) mass is 749 g/mol. The number of rotatable bonds is 8. The van der Waals surface area contributed by atoms with Crippen molar-refractivity contribution in [1.82, 2.24) is 5.32 Å². The summed E-state index contributed by atoms with van der Waals surface area (Å²) in [5.41, 5.74) is 3.32. The fraction of sp³-hybridized carbons (Fsp3) is 0.333. The van der Waals surface area contributed by atoms with Gasteiger partial charge in [-0.3, -0.25) is 14.4 Å². The third-order valence-corrected chi connectivity index (χ3v) is 11.3. The van der Waals surface area contributed by atoms with Gasteiger partial charge < -0.3 is 44.7 Å². The van der Waals surface area contributed by atoms with E-state index in [4.69, 9.17) is 18.9 Å². The number of ketones is 3. The number of carbonyl (C=O) groups excluding carboxylic acids is 4. The molecule has 6 atom stereocenters. The van der Waals surface area contributed by atoms with Gasteiger partial charge in [0, 0.05) is 34.9 Å². The molecule has 0 radical (unpaired) electrons. The molecule has 1 amide bonds. The maximum Gasteiger partial charge on any atom is 0.407 e. The van der Waals surface area contributed by atoms with Crippen LogP contribution < -0.4 is 10.1 Å². The Morgan fingerprint density at radius 3 is 2.18 bits per heavy atom. The van der Waals surface area contributed by atoms with Gasteiger partial charge >= 0.3 is 6.09 Å². The van der Waals surface area contributed by atoms with E-state index in [0.29, 0.717) is 0 Å². The minimum absolute atomic E-state index is 0.0128. The second-order valence-corrected chi connectivity index (χ2v) is 14.3. The van der Waals surface area contributed by atoms with Crippen molar-refractivity contribution in [3.8, 4) is 28.4 Å². The van der Waals surface area contributed by atoms with Gasteiger partial charge in [0.05, 0.1) is 42.0 Å². The lowest BCUT2D eigenvalue weighted by Gasteiger charge is -2.41. The van der Waals surface area contributed by atoms with Gasteiger partial charge in [0.2, 0.25) is 5.78 Å². The van der Waals surface area contributed by atoms with Crippen molar-refractivity contribution in [2.24, 2.45) is 5.92 Å². The molecule has 1 heterocycles. The molecule has 0 bridgehead atoms. The minimum atomic E-state index is -1.19. The van der Waals surface area contributed by atoms with E-state index < -0.39 is 89.2 Å². The van der Waals surface area contributed by atoms with Crippen LogP contribution in [-0.2, 0) is 25.4 Å². The lowest BCUT2D eigenvalue weighted by atomic mass is 9.73. The number of ether oxygens (including phenoxy) is 4. The van der Waals surface area contributed by atoms with Crippen LogP contribution in [0.25, 0.3) is 11.1 Å². The summed E-state index contributed by atoms with van der Waals surface area (Å²) in [6.07, 6.45) is -5.42. The zero-order chi connectivity index (χ0) is 38.7. The van der Waals surface area contributed by atoms with Gasteiger partial charge in [0.15, 0.2) is 17.9 Å². The average molecular weight is 750 g/mol. The molecule has 0 spiro atoms. The molecule has 13 nitrogen and oxygen atoms in total. The normalized spacial score (nSPS) is 23.9. The van der Waals surface area contributed by atoms with Gasteiger partial charge in [0.25, 0.3) is 0 Å². The Hall–Kier alpha value is -5.60. The number of carbonyl (C=O) groups is 4. The van der Waals surface area contributed by atoms with Crippen LogP contribution in [0.15, 0.2) is 66.7 Å². The van der Waals surface area contributed by atoms with E-state index in [1.54, 1.807) is 6.92 Å². The molecule has 0 aromatic heterocycles. The van der Waals surface area contributed by atoms with E-state index in [2.05, 4.69) is 5.32 Å². The van der Waals surface area contributed by atoms with E-state index in [-0.39, 0.29) is 59.8 Å². The largest absolute Gasteiger partial charge is 0.507 e. The first kappa shape index (κ1) is 36.4. The second-order valence-electron chi connectivity index (χ2n) is 14.3. The summed E-state index contributed by atoms with van der Waals surface area (Å²) < 4.78 is 23.4. The number of hydrogen-bond donors (Lipinski definition) is 5. The maximum absolute atomic E-state index is 14.0. The summed E-state index contributed by atoms with van der Waals surface area (Å²) >= 11 is 0. The number of phenols is 2. The standard InChI is InChI=1S/C42H39NO12/c1-19-37(46)28(43-42(51)53-18-27-23-10-5-3-8-21(23)22-9-4-6-11-24(22)27)16-32(54-19)55-31-15-20(29(45)17-44)14-26-34(31)41(50)36-35(39(26)48)38(47)25-12-7-13-30(52-2)33(25)40(36)49/h3-13,19-20,27-28,31-32,37,44,46,48,50H,14-18H2,1-2H3,(H,43,51)/t19?,20-,28?,31+,32?,37?/m1/s1. The number of Topliss-reactive ketones (excluding diaryl/α,β-unsaturated/α-hetero) is 1. The summed E-state index contributed by atoms with van der Waals surface area (Å²) in [5, 5.41) is 47.0. The van der Waals surface area contributed by atoms with Crippen molar-refractivity contribution in [2.45, 2.75) is 62.7 Å². The van der Waals surface area contributed by atoms with Crippen LogP contribution >= 0.6 is 0 Å². The van der Waals surface area contributed by atoms with Crippen LogP contribution in [0.1, 0.15) is 85.9 Å². The van der Waals surface area contributed by atoms with Crippen LogP contribution in [0, 0.1) is 5.92 Å². The lowest BCUT2D eigenvalue weighted by molar-refractivity contribution is -0.245. The van der Waals surface area contributed by atoms with E-state index in [1.807, 2.05) is 48.5 Å². The zero-order valence-electron chi connectivity index (χ0n) is 30.0. The number of aliphatic hydroxyl groups excluding tert-OH is 2. The first-order chi connectivity index (χ1) is 26.5. The molecule has 3 aliphatic carbocycles.